The number of aromatic nitrogens is 2. The predicted molar refractivity (Wildman–Crippen MR) is 80.0 cm³/mol. The Kier molecular flexibility index (Phi) is 5.09. The van der Waals surface area contributed by atoms with Crippen LogP contribution in [0.2, 0.25) is 0 Å². The summed E-state index contributed by atoms with van der Waals surface area (Å²) in [5, 5.41) is 3.62. The van der Waals surface area contributed by atoms with Crippen LogP contribution in [0.1, 0.15) is 17.0 Å². The molecule has 0 atom stereocenters. The van der Waals surface area contributed by atoms with E-state index >= 15 is 0 Å². The summed E-state index contributed by atoms with van der Waals surface area (Å²) in [5.74, 6) is 0.448. The van der Waals surface area contributed by atoms with Crippen LogP contribution < -0.4 is 10.5 Å². The molecule has 1 heterocycles. The molecule has 0 aliphatic carbocycles. The molecule has 0 bridgehead atoms. The fourth-order valence-electron chi connectivity index (χ4n) is 1.80. The van der Waals surface area contributed by atoms with Crippen LogP contribution in [-0.4, -0.2) is 25.1 Å². The number of rotatable bonds is 6. The van der Waals surface area contributed by atoms with Gasteiger partial charge in [-0.25, -0.2) is 13.1 Å². The van der Waals surface area contributed by atoms with E-state index in [1.807, 2.05) is 13.0 Å². The van der Waals surface area contributed by atoms with Gasteiger partial charge in [0.25, 0.3) is 0 Å². The first-order valence-electron chi connectivity index (χ1n) is 6.18. The first-order chi connectivity index (χ1) is 9.94. The first kappa shape index (κ1) is 16.1. The Balaban J connectivity index is 2.17. The van der Waals surface area contributed by atoms with Crippen LogP contribution in [0, 0.1) is 6.92 Å². The summed E-state index contributed by atoms with van der Waals surface area (Å²) in [6.45, 7) is 2.28. The van der Waals surface area contributed by atoms with Gasteiger partial charge >= 0.3 is 0 Å². The molecule has 7 nitrogen and oxygen atoms in total. The SMILES string of the molecule is Cc1cc(CN)cc(S(=O)(=O)NCCc2ncon2)c1Br. The van der Waals surface area contributed by atoms with E-state index in [4.69, 9.17) is 5.73 Å². The number of hydrogen-bond donors (Lipinski definition) is 2. The van der Waals surface area contributed by atoms with Gasteiger partial charge in [0.15, 0.2) is 5.82 Å². The molecular weight excluding hydrogens is 360 g/mol. The fourth-order valence-corrected chi connectivity index (χ4v) is 3.90. The van der Waals surface area contributed by atoms with Crippen LogP contribution in [-0.2, 0) is 23.0 Å². The smallest absolute Gasteiger partial charge is 0.241 e. The highest BCUT2D eigenvalue weighted by Crippen LogP contribution is 2.27. The van der Waals surface area contributed by atoms with E-state index in [9.17, 15) is 8.42 Å². The molecule has 0 fully saturated rings. The Hall–Kier alpha value is -1.29. The number of nitrogens with one attached hydrogen (secondary N) is 1. The standard InChI is InChI=1S/C12H15BrN4O3S/c1-8-4-9(6-14)5-10(12(8)13)21(18,19)16-3-2-11-15-7-20-17-11/h4-5,7,16H,2-3,6,14H2,1H3. The Bertz CT molecular complexity index is 716. The van der Waals surface area contributed by atoms with Crippen molar-refractivity contribution in [2.75, 3.05) is 6.54 Å². The topological polar surface area (TPSA) is 111 Å². The van der Waals surface area contributed by atoms with Crippen molar-refractivity contribution in [3.05, 3.63) is 40.0 Å². The maximum Gasteiger partial charge on any atom is 0.241 e. The van der Waals surface area contributed by atoms with E-state index in [0.29, 0.717) is 16.7 Å². The second-order valence-electron chi connectivity index (χ2n) is 4.42. The van der Waals surface area contributed by atoms with Crippen LogP contribution in [0.4, 0.5) is 0 Å². The van der Waals surface area contributed by atoms with Gasteiger partial charge in [-0.15, -0.1) is 0 Å². The van der Waals surface area contributed by atoms with Gasteiger partial charge in [-0.2, -0.15) is 4.98 Å². The number of sulfonamides is 1. The van der Waals surface area contributed by atoms with Gasteiger partial charge in [0.1, 0.15) is 0 Å². The molecule has 2 aromatic rings. The minimum absolute atomic E-state index is 0.177. The molecule has 0 radical (unpaired) electrons. The van der Waals surface area contributed by atoms with Crippen molar-refractivity contribution in [3.8, 4) is 0 Å². The Morgan fingerprint density at radius 2 is 2.19 bits per heavy atom. The molecule has 0 saturated carbocycles. The summed E-state index contributed by atoms with van der Waals surface area (Å²) in [6.07, 6.45) is 1.55. The van der Waals surface area contributed by atoms with Crippen molar-refractivity contribution in [1.82, 2.24) is 14.9 Å². The molecule has 0 saturated heterocycles. The fraction of sp³-hybridized carbons (Fsp3) is 0.333. The van der Waals surface area contributed by atoms with E-state index in [1.54, 1.807) is 6.07 Å². The normalized spacial score (nSPS) is 11.8. The highest BCUT2D eigenvalue weighted by atomic mass is 79.9. The third kappa shape index (κ3) is 3.88. The zero-order valence-corrected chi connectivity index (χ0v) is 13.7. The van der Waals surface area contributed by atoms with Gasteiger partial charge in [0.2, 0.25) is 16.4 Å². The number of hydrogen-bond acceptors (Lipinski definition) is 6. The number of nitrogens with zero attached hydrogens (tertiary/aromatic N) is 2. The zero-order valence-electron chi connectivity index (χ0n) is 11.3. The Labute approximate surface area is 131 Å². The molecule has 0 unspecified atom stereocenters. The van der Waals surface area contributed by atoms with Crippen molar-refractivity contribution < 1.29 is 12.9 Å². The molecule has 0 aliphatic rings. The van der Waals surface area contributed by atoms with Crippen molar-refractivity contribution in [2.45, 2.75) is 24.8 Å². The lowest BCUT2D eigenvalue weighted by atomic mass is 10.1. The third-order valence-corrected chi connectivity index (χ3v) is 5.65. The lowest BCUT2D eigenvalue weighted by Crippen LogP contribution is -2.27. The first-order valence-corrected chi connectivity index (χ1v) is 8.45. The van der Waals surface area contributed by atoms with Crippen LogP contribution in [0.5, 0.6) is 0 Å². The lowest BCUT2D eigenvalue weighted by molar-refractivity contribution is 0.410. The minimum atomic E-state index is -3.64. The Morgan fingerprint density at radius 1 is 1.43 bits per heavy atom. The maximum atomic E-state index is 12.4. The predicted octanol–water partition coefficient (Wildman–Crippen LogP) is 1.12. The Morgan fingerprint density at radius 3 is 2.81 bits per heavy atom. The van der Waals surface area contributed by atoms with Gasteiger partial charge in [0, 0.05) is 24.0 Å². The molecule has 114 valence electrons. The van der Waals surface area contributed by atoms with Crippen LogP contribution >= 0.6 is 15.9 Å². The quantitative estimate of drug-likeness (QED) is 0.783. The summed E-state index contributed by atoms with van der Waals surface area (Å²) in [5.41, 5.74) is 7.16. The number of nitrogens with two attached hydrogens (primary N) is 1. The molecular formula is C12H15BrN4O3S. The average Bonchev–Trinajstić information content (AvgIpc) is 2.94. The summed E-state index contributed by atoms with van der Waals surface area (Å²) in [7, 11) is -3.64. The van der Waals surface area contributed by atoms with Gasteiger partial charge in [-0.1, -0.05) is 11.2 Å². The molecule has 0 amide bonds. The number of halogens is 1. The molecule has 2 rings (SSSR count). The van der Waals surface area contributed by atoms with Gasteiger partial charge in [0.05, 0.1) is 4.90 Å². The largest absolute Gasteiger partial charge is 0.343 e. The van der Waals surface area contributed by atoms with Crippen LogP contribution in [0.3, 0.4) is 0 Å². The molecule has 0 spiro atoms. The van der Waals surface area contributed by atoms with Crippen LogP contribution in [0.15, 0.2) is 32.4 Å². The maximum absolute atomic E-state index is 12.4. The van der Waals surface area contributed by atoms with Gasteiger partial charge in [-0.05, 0) is 40.0 Å². The zero-order chi connectivity index (χ0) is 15.5. The second kappa shape index (κ2) is 6.65. The minimum Gasteiger partial charge on any atom is -0.343 e. The summed E-state index contributed by atoms with van der Waals surface area (Å²) in [4.78, 5) is 4.01. The molecule has 0 aliphatic heterocycles. The number of aryl methyl sites for hydroxylation is 1. The van der Waals surface area contributed by atoms with E-state index in [-0.39, 0.29) is 18.0 Å². The number of benzene rings is 1. The van der Waals surface area contributed by atoms with Crippen LogP contribution in [0.25, 0.3) is 0 Å². The summed E-state index contributed by atoms with van der Waals surface area (Å²) >= 11 is 3.31. The summed E-state index contributed by atoms with van der Waals surface area (Å²) < 4.78 is 32.3. The van der Waals surface area contributed by atoms with Crippen molar-refractivity contribution in [3.63, 3.8) is 0 Å². The molecule has 21 heavy (non-hydrogen) atoms. The molecule has 9 heteroatoms. The van der Waals surface area contributed by atoms with E-state index in [0.717, 1.165) is 11.1 Å². The van der Waals surface area contributed by atoms with E-state index in [2.05, 4.69) is 35.3 Å². The van der Waals surface area contributed by atoms with E-state index in [1.165, 1.54) is 6.39 Å². The van der Waals surface area contributed by atoms with Crippen molar-refractivity contribution >= 4 is 26.0 Å². The average molecular weight is 375 g/mol. The van der Waals surface area contributed by atoms with Gasteiger partial charge < -0.3 is 10.3 Å². The third-order valence-electron chi connectivity index (χ3n) is 2.85. The highest BCUT2D eigenvalue weighted by molar-refractivity contribution is 9.10. The second-order valence-corrected chi connectivity index (χ2v) is 6.95. The molecule has 1 aromatic carbocycles. The monoisotopic (exact) mass is 374 g/mol. The van der Waals surface area contributed by atoms with Crippen molar-refractivity contribution in [1.29, 1.82) is 0 Å². The van der Waals surface area contributed by atoms with Crippen molar-refractivity contribution in [2.24, 2.45) is 5.73 Å². The molecule has 3 N–H and O–H groups in total. The highest BCUT2D eigenvalue weighted by Gasteiger charge is 2.19. The lowest BCUT2D eigenvalue weighted by Gasteiger charge is -2.11. The van der Waals surface area contributed by atoms with E-state index < -0.39 is 10.0 Å². The summed E-state index contributed by atoms with van der Waals surface area (Å²) in [6, 6.07) is 3.41. The molecule has 1 aromatic heterocycles. The van der Waals surface area contributed by atoms with Gasteiger partial charge in [-0.3, -0.25) is 0 Å².